The first-order valence-corrected chi connectivity index (χ1v) is 8.22. The lowest BCUT2D eigenvalue weighted by molar-refractivity contribution is -0.141. The predicted octanol–water partition coefficient (Wildman–Crippen LogP) is 2.88. The SMILES string of the molecule is Cc1ccc(OCCC(=O)N[C@@H](Cc2ccccc2)C(=O)O)cc1C. The highest BCUT2D eigenvalue weighted by atomic mass is 16.5. The number of amides is 1. The Morgan fingerprint density at radius 2 is 1.80 bits per heavy atom. The number of carbonyl (C=O) groups is 2. The molecule has 0 aromatic heterocycles. The molecule has 0 aliphatic heterocycles. The van der Waals surface area contributed by atoms with Crippen LogP contribution in [0.2, 0.25) is 0 Å². The van der Waals surface area contributed by atoms with Crippen molar-refractivity contribution >= 4 is 11.9 Å². The first kappa shape index (κ1) is 18.5. The Morgan fingerprint density at radius 1 is 1.08 bits per heavy atom. The third-order valence-corrected chi connectivity index (χ3v) is 3.99. The molecular formula is C20H23NO4. The summed E-state index contributed by atoms with van der Waals surface area (Å²) in [6, 6.07) is 14.0. The summed E-state index contributed by atoms with van der Waals surface area (Å²) in [6.07, 6.45) is 0.353. The van der Waals surface area contributed by atoms with E-state index in [0.29, 0.717) is 5.75 Å². The first-order chi connectivity index (χ1) is 12.0. The molecule has 5 nitrogen and oxygen atoms in total. The number of carboxylic acid groups (broad SMARTS) is 1. The number of hydrogen-bond acceptors (Lipinski definition) is 3. The second kappa shape index (κ2) is 8.87. The largest absolute Gasteiger partial charge is 0.493 e. The van der Waals surface area contributed by atoms with Gasteiger partial charge in [-0.1, -0.05) is 36.4 Å². The van der Waals surface area contributed by atoms with Crippen LogP contribution in [0.4, 0.5) is 0 Å². The maximum Gasteiger partial charge on any atom is 0.326 e. The average Bonchev–Trinajstić information content (AvgIpc) is 2.58. The number of benzene rings is 2. The zero-order valence-corrected chi connectivity index (χ0v) is 14.5. The van der Waals surface area contributed by atoms with E-state index in [-0.39, 0.29) is 25.4 Å². The average molecular weight is 341 g/mol. The Morgan fingerprint density at radius 3 is 2.44 bits per heavy atom. The highest BCUT2D eigenvalue weighted by molar-refractivity contribution is 5.83. The molecule has 0 unspecified atom stereocenters. The van der Waals surface area contributed by atoms with Crippen molar-refractivity contribution in [2.75, 3.05) is 6.61 Å². The second-order valence-electron chi connectivity index (χ2n) is 5.99. The van der Waals surface area contributed by atoms with Gasteiger partial charge in [-0.15, -0.1) is 0 Å². The van der Waals surface area contributed by atoms with E-state index in [2.05, 4.69) is 5.32 Å². The number of hydrogen-bond donors (Lipinski definition) is 2. The fourth-order valence-electron chi connectivity index (χ4n) is 2.38. The second-order valence-corrected chi connectivity index (χ2v) is 5.99. The van der Waals surface area contributed by atoms with Crippen molar-refractivity contribution in [3.8, 4) is 5.75 Å². The molecule has 2 aromatic carbocycles. The molecule has 5 heteroatoms. The number of carbonyl (C=O) groups excluding carboxylic acids is 1. The lowest BCUT2D eigenvalue weighted by Crippen LogP contribution is -2.42. The summed E-state index contributed by atoms with van der Waals surface area (Å²) in [5.41, 5.74) is 3.16. The molecule has 0 fully saturated rings. The van der Waals surface area contributed by atoms with Crippen molar-refractivity contribution in [2.45, 2.75) is 32.7 Å². The molecule has 0 aliphatic rings. The van der Waals surface area contributed by atoms with Gasteiger partial charge in [0.05, 0.1) is 13.0 Å². The van der Waals surface area contributed by atoms with Crippen LogP contribution in [0.5, 0.6) is 5.75 Å². The number of carboxylic acids is 1. The van der Waals surface area contributed by atoms with Gasteiger partial charge < -0.3 is 15.2 Å². The van der Waals surface area contributed by atoms with Gasteiger partial charge in [-0.3, -0.25) is 4.79 Å². The summed E-state index contributed by atoms with van der Waals surface area (Å²) >= 11 is 0. The maximum absolute atomic E-state index is 12.0. The molecule has 132 valence electrons. The third kappa shape index (κ3) is 5.95. The standard InChI is InChI=1S/C20H23NO4/c1-14-8-9-17(12-15(14)2)25-11-10-19(22)21-18(20(23)24)13-16-6-4-3-5-7-16/h3-9,12,18H,10-11,13H2,1-2H3,(H,21,22)(H,23,24)/t18-/m0/s1. The molecule has 0 saturated heterocycles. The molecule has 0 heterocycles. The highest BCUT2D eigenvalue weighted by Gasteiger charge is 2.20. The Balaban J connectivity index is 1.82. The molecule has 1 amide bonds. The van der Waals surface area contributed by atoms with Gasteiger partial charge in [0.25, 0.3) is 0 Å². The topological polar surface area (TPSA) is 75.6 Å². The minimum Gasteiger partial charge on any atom is -0.493 e. The van der Waals surface area contributed by atoms with Gasteiger partial charge in [-0.25, -0.2) is 4.79 Å². The molecule has 0 spiro atoms. The van der Waals surface area contributed by atoms with Crippen LogP contribution >= 0.6 is 0 Å². The molecule has 2 N–H and O–H groups in total. The summed E-state index contributed by atoms with van der Waals surface area (Å²) in [5, 5.41) is 11.9. The van der Waals surface area contributed by atoms with Gasteiger partial charge in [0, 0.05) is 6.42 Å². The van der Waals surface area contributed by atoms with E-state index in [1.807, 2.05) is 62.4 Å². The van der Waals surface area contributed by atoms with Crippen molar-refractivity contribution < 1.29 is 19.4 Å². The van der Waals surface area contributed by atoms with Crippen LogP contribution in [0.1, 0.15) is 23.1 Å². The van der Waals surface area contributed by atoms with E-state index in [1.165, 1.54) is 5.56 Å². The number of ether oxygens (including phenoxy) is 1. The van der Waals surface area contributed by atoms with Crippen LogP contribution < -0.4 is 10.1 Å². The van der Waals surface area contributed by atoms with Crippen molar-refractivity contribution in [2.24, 2.45) is 0 Å². The van der Waals surface area contributed by atoms with Crippen LogP contribution in [0.3, 0.4) is 0 Å². The van der Waals surface area contributed by atoms with Gasteiger partial charge in [-0.2, -0.15) is 0 Å². The lowest BCUT2D eigenvalue weighted by atomic mass is 10.1. The zero-order chi connectivity index (χ0) is 18.2. The molecule has 25 heavy (non-hydrogen) atoms. The summed E-state index contributed by atoms with van der Waals surface area (Å²) < 4.78 is 5.56. The van der Waals surface area contributed by atoms with Gasteiger partial charge >= 0.3 is 5.97 Å². The highest BCUT2D eigenvalue weighted by Crippen LogP contribution is 2.16. The fourth-order valence-corrected chi connectivity index (χ4v) is 2.38. The summed E-state index contributed by atoms with van der Waals surface area (Å²) in [6.45, 7) is 4.22. The van der Waals surface area contributed by atoms with Crippen LogP contribution in [0.15, 0.2) is 48.5 Å². The van der Waals surface area contributed by atoms with Gasteiger partial charge in [0.1, 0.15) is 11.8 Å². The third-order valence-electron chi connectivity index (χ3n) is 3.99. The van der Waals surface area contributed by atoms with E-state index in [9.17, 15) is 14.7 Å². The number of aryl methyl sites for hydroxylation is 2. The monoisotopic (exact) mass is 341 g/mol. The Bertz CT molecular complexity index is 728. The van der Waals surface area contributed by atoms with Crippen LogP contribution in [-0.2, 0) is 16.0 Å². The van der Waals surface area contributed by atoms with Crippen molar-refractivity contribution in [3.63, 3.8) is 0 Å². The number of aliphatic carboxylic acids is 1. The number of rotatable bonds is 8. The molecule has 0 saturated carbocycles. The predicted molar refractivity (Wildman–Crippen MR) is 95.7 cm³/mol. The smallest absolute Gasteiger partial charge is 0.326 e. The Labute approximate surface area is 147 Å². The summed E-state index contributed by atoms with van der Waals surface area (Å²) in [5.74, 6) is -0.686. The fraction of sp³-hybridized carbons (Fsp3) is 0.300. The van der Waals surface area contributed by atoms with Crippen LogP contribution in [0, 0.1) is 13.8 Å². The molecule has 0 bridgehead atoms. The molecule has 0 radical (unpaired) electrons. The minimum atomic E-state index is -1.05. The van der Waals surface area contributed by atoms with E-state index < -0.39 is 12.0 Å². The van der Waals surface area contributed by atoms with Gasteiger partial charge in [-0.05, 0) is 42.7 Å². The molecule has 2 rings (SSSR count). The van der Waals surface area contributed by atoms with E-state index in [1.54, 1.807) is 0 Å². The Kier molecular flexibility index (Phi) is 6.57. The lowest BCUT2D eigenvalue weighted by Gasteiger charge is -2.15. The summed E-state index contributed by atoms with van der Waals surface area (Å²) in [7, 11) is 0. The van der Waals surface area contributed by atoms with Crippen molar-refractivity contribution in [1.29, 1.82) is 0 Å². The zero-order valence-electron chi connectivity index (χ0n) is 14.5. The normalized spacial score (nSPS) is 11.6. The number of nitrogens with one attached hydrogen (secondary N) is 1. The molecular weight excluding hydrogens is 318 g/mol. The Hall–Kier alpha value is -2.82. The van der Waals surface area contributed by atoms with Crippen LogP contribution in [-0.4, -0.2) is 29.6 Å². The molecule has 1 atom stereocenters. The van der Waals surface area contributed by atoms with Crippen molar-refractivity contribution in [1.82, 2.24) is 5.32 Å². The summed E-state index contributed by atoms with van der Waals surface area (Å²) in [4.78, 5) is 23.4. The van der Waals surface area contributed by atoms with E-state index >= 15 is 0 Å². The minimum absolute atomic E-state index is 0.103. The molecule has 0 aliphatic carbocycles. The van der Waals surface area contributed by atoms with Gasteiger partial charge in [0.2, 0.25) is 5.91 Å². The van der Waals surface area contributed by atoms with Crippen molar-refractivity contribution in [3.05, 3.63) is 65.2 Å². The maximum atomic E-state index is 12.0. The van der Waals surface area contributed by atoms with E-state index in [4.69, 9.17) is 4.74 Å². The van der Waals surface area contributed by atoms with Gasteiger partial charge in [0.15, 0.2) is 0 Å². The first-order valence-electron chi connectivity index (χ1n) is 8.22. The van der Waals surface area contributed by atoms with E-state index in [0.717, 1.165) is 11.1 Å². The quantitative estimate of drug-likeness (QED) is 0.774. The van der Waals surface area contributed by atoms with Crippen LogP contribution in [0.25, 0.3) is 0 Å². The molecule has 2 aromatic rings.